The molecule has 3 aromatic heterocycles. The van der Waals surface area contributed by atoms with Crippen LogP contribution in [0.2, 0.25) is 0 Å². The van der Waals surface area contributed by atoms with E-state index in [9.17, 15) is 9.59 Å². The number of rotatable bonds is 6. The van der Waals surface area contributed by atoms with E-state index in [2.05, 4.69) is 19.2 Å². The van der Waals surface area contributed by atoms with Crippen LogP contribution < -0.4 is 15.6 Å². The number of hydrogen-bond acceptors (Lipinski definition) is 5. The molecule has 3 aromatic rings. The fourth-order valence-electron chi connectivity index (χ4n) is 5.69. The van der Waals surface area contributed by atoms with E-state index in [0.717, 1.165) is 30.6 Å². The molecule has 2 aliphatic carbocycles. The summed E-state index contributed by atoms with van der Waals surface area (Å²) < 4.78 is 15.5. The summed E-state index contributed by atoms with van der Waals surface area (Å²) in [6, 6.07) is 5.46. The van der Waals surface area contributed by atoms with Crippen LogP contribution in [0, 0.1) is 5.92 Å². The van der Waals surface area contributed by atoms with Crippen LogP contribution in [-0.4, -0.2) is 38.2 Å². The number of imidazole rings is 1. The molecule has 2 aliphatic heterocycles. The zero-order chi connectivity index (χ0) is 23.8. The van der Waals surface area contributed by atoms with Gasteiger partial charge < -0.3 is 23.8 Å². The first-order valence-electron chi connectivity index (χ1n) is 12.0. The summed E-state index contributed by atoms with van der Waals surface area (Å²) in [6.45, 7) is 8.77. The Bertz CT molecular complexity index is 1360. The van der Waals surface area contributed by atoms with Gasteiger partial charge in [0.05, 0.1) is 29.6 Å². The van der Waals surface area contributed by atoms with Crippen LogP contribution in [0.5, 0.6) is 5.75 Å². The second-order valence-electron chi connectivity index (χ2n) is 10.9. The van der Waals surface area contributed by atoms with E-state index in [1.54, 1.807) is 35.2 Å². The Labute approximate surface area is 197 Å². The molecule has 178 valence electrons. The summed E-state index contributed by atoms with van der Waals surface area (Å²) >= 11 is 0. The van der Waals surface area contributed by atoms with Crippen LogP contribution in [0.3, 0.4) is 0 Å². The number of fused-ring (bicyclic) bond motifs is 2. The monoisotopic (exact) mass is 462 g/mol. The first kappa shape index (κ1) is 21.4. The minimum Gasteiger partial charge on any atom is -0.490 e. The average molecular weight is 463 g/mol. The molecular formula is C26H30N4O4. The van der Waals surface area contributed by atoms with Gasteiger partial charge >= 0.3 is 0 Å². The molecule has 4 aliphatic rings. The molecule has 2 saturated carbocycles. The molecule has 1 amide bonds. The SMILES string of the molecule is CC(C)Oc1cc2nc(C34COC(C)(C3)C4)cn2cc1C(=O)Nc1cccn([C@H]2C[C@H]2C)c1=O. The maximum Gasteiger partial charge on any atom is 0.274 e. The van der Waals surface area contributed by atoms with Gasteiger partial charge in [-0.3, -0.25) is 9.59 Å². The van der Waals surface area contributed by atoms with E-state index in [1.807, 2.05) is 24.4 Å². The van der Waals surface area contributed by atoms with Crippen LogP contribution in [-0.2, 0) is 10.2 Å². The van der Waals surface area contributed by atoms with E-state index in [1.165, 1.54) is 0 Å². The zero-order valence-corrected chi connectivity index (χ0v) is 20.0. The van der Waals surface area contributed by atoms with Gasteiger partial charge in [-0.15, -0.1) is 0 Å². The van der Waals surface area contributed by atoms with Gasteiger partial charge in [-0.1, -0.05) is 6.92 Å². The van der Waals surface area contributed by atoms with Gasteiger partial charge in [-0.05, 0) is 58.1 Å². The number of ether oxygens (including phenoxy) is 2. The molecule has 1 N–H and O–H groups in total. The van der Waals surface area contributed by atoms with Gasteiger partial charge in [0.2, 0.25) is 0 Å². The third kappa shape index (κ3) is 3.35. The van der Waals surface area contributed by atoms with Gasteiger partial charge in [-0.2, -0.15) is 0 Å². The molecule has 2 bridgehead atoms. The fourth-order valence-corrected chi connectivity index (χ4v) is 5.69. The van der Waals surface area contributed by atoms with Gasteiger partial charge in [0.1, 0.15) is 17.1 Å². The quantitative estimate of drug-likeness (QED) is 0.600. The zero-order valence-electron chi connectivity index (χ0n) is 20.0. The lowest BCUT2D eigenvalue weighted by molar-refractivity contribution is 0.0154. The second kappa shape index (κ2) is 7.18. The van der Waals surface area contributed by atoms with Crippen molar-refractivity contribution in [1.82, 2.24) is 14.0 Å². The minimum atomic E-state index is -0.384. The van der Waals surface area contributed by atoms with Crippen molar-refractivity contribution in [2.45, 2.75) is 70.1 Å². The Balaban J connectivity index is 1.35. The lowest BCUT2D eigenvalue weighted by atomic mass is 9.62. The molecule has 2 atom stereocenters. The molecule has 0 spiro atoms. The predicted octanol–water partition coefficient (Wildman–Crippen LogP) is 3.94. The average Bonchev–Trinajstić information content (AvgIpc) is 3.08. The number of pyridine rings is 2. The topological polar surface area (TPSA) is 86.9 Å². The standard InChI is InChI=1S/C26H30N4O4/c1-15(2)34-20-9-22-28-21(26-12-25(4,13-26)33-14-26)11-29(22)10-17(20)23(31)27-18-6-5-7-30(24(18)32)19-8-16(19)3/h5-7,9-11,15-16,19H,8,12-14H2,1-4H3,(H,27,31)/t16-,19+,25?,26?/m1/s1. The Hall–Kier alpha value is -3.13. The van der Waals surface area contributed by atoms with Crippen LogP contribution in [0.1, 0.15) is 69.1 Å². The fraction of sp³-hybridized carbons (Fsp3) is 0.500. The van der Waals surface area contributed by atoms with Crippen LogP contribution in [0.4, 0.5) is 5.69 Å². The Morgan fingerprint density at radius 3 is 2.74 bits per heavy atom. The highest BCUT2D eigenvalue weighted by molar-refractivity contribution is 6.06. The lowest BCUT2D eigenvalue weighted by Gasteiger charge is -2.41. The number of hydrogen-bond donors (Lipinski definition) is 1. The molecule has 34 heavy (non-hydrogen) atoms. The minimum absolute atomic E-state index is 0.0341. The summed E-state index contributed by atoms with van der Waals surface area (Å²) in [5, 5.41) is 2.82. The Morgan fingerprint density at radius 1 is 1.32 bits per heavy atom. The molecular weight excluding hydrogens is 432 g/mol. The number of amides is 1. The van der Waals surface area contributed by atoms with Crippen molar-refractivity contribution < 1.29 is 14.3 Å². The maximum atomic E-state index is 13.4. The van der Waals surface area contributed by atoms with E-state index < -0.39 is 0 Å². The molecule has 0 aromatic carbocycles. The lowest BCUT2D eigenvalue weighted by Crippen LogP contribution is -2.45. The number of aromatic nitrogens is 3. The van der Waals surface area contributed by atoms with Crippen LogP contribution in [0.15, 0.2) is 41.6 Å². The highest BCUT2D eigenvalue weighted by atomic mass is 16.5. The number of carbonyl (C=O) groups is 1. The highest BCUT2D eigenvalue weighted by Crippen LogP contribution is 2.58. The van der Waals surface area contributed by atoms with Crippen LogP contribution in [0.25, 0.3) is 5.65 Å². The highest BCUT2D eigenvalue weighted by Gasteiger charge is 2.61. The molecule has 5 heterocycles. The summed E-state index contributed by atoms with van der Waals surface area (Å²) in [4.78, 5) is 31.2. The van der Waals surface area contributed by atoms with Crippen LogP contribution >= 0.6 is 0 Å². The van der Waals surface area contributed by atoms with Gasteiger partial charge in [-0.25, -0.2) is 4.98 Å². The number of carbonyl (C=O) groups excluding carboxylic acids is 1. The molecule has 4 fully saturated rings. The number of nitrogens with zero attached hydrogens (tertiary/aromatic N) is 3. The predicted molar refractivity (Wildman–Crippen MR) is 128 cm³/mol. The van der Waals surface area contributed by atoms with Gasteiger partial charge in [0, 0.05) is 36.1 Å². The first-order valence-corrected chi connectivity index (χ1v) is 12.0. The first-order chi connectivity index (χ1) is 16.2. The summed E-state index contributed by atoms with van der Waals surface area (Å²) in [7, 11) is 0. The van der Waals surface area contributed by atoms with Crippen molar-refractivity contribution >= 4 is 17.2 Å². The molecule has 2 saturated heterocycles. The van der Waals surface area contributed by atoms with Crippen molar-refractivity contribution in [2.24, 2.45) is 5.92 Å². The Kier molecular flexibility index (Phi) is 4.52. The number of anilines is 1. The van der Waals surface area contributed by atoms with Crippen molar-refractivity contribution in [1.29, 1.82) is 0 Å². The van der Waals surface area contributed by atoms with Crippen molar-refractivity contribution in [3.63, 3.8) is 0 Å². The largest absolute Gasteiger partial charge is 0.490 e. The summed E-state index contributed by atoms with van der Waals surface area (Å²) in [6.07, 6.45) is 8.31. The molecule has 8 heteroatoms. The third-order valence-corrected chi connectivity index (χ3v) is 7.47. The third-order valence-electron chi connectivity index (χ3n) is 7.47. The smallest absolute Gasteiger partial charge is 0.274 e. The van der Waals surface area contributed by atoms with E-state index in [-0.39, 0.29) is 40.3 Å². The van der Waals surface area contributed by atoms with Crippen molar-refractivity contribution in [3.05, 3.63) is 58.4 Å². The molecule has 0 unspecified atom stereocenters. The van der Waals surface area contributed by atoms with Gasteiger partial charge in [0.15, 0.2) is 0 Å². The van der Waals surface area contributed by atoms with Gasteiger partial charge in [0.25, 0.3) is 11.5 Å². The summed E-state index contributed by atoms with van der Waals surface area (Å²) in [5.74, 6) is 0.540. The van der Waals surface area contributed by atoms with Crippen molar-refractivity contribution in [3.8, 4) is 5.75 Å². The van der Waals surface area contributed by atoms with E-state index in [4.69, 9.17) is 14.5 Å². The molecule has 8 nitrogen and oxygen atoms in total. The van der Waals surface area contributed by atoms with E-state index >= 15 is 0 Å². The normalized spacial score (nSPS) is 29.3. The summed E-state index contributed by atoms with van der Waals surface area (Å²) in [5.41, 5.74) is 2.07. The Morgan fingerprint density at radius 2 is 2.09 bits per heavy atom. The van der Waals surface area contributed by atoms with Crippen molar-refractivity contribution in [2.75, 3.05) is 11.9 Å². The molecule has 7 rings (SSSR count). The number of nitrogens with one attached hydrogen (secondary N) is 1. The van der Waals surface area contributed by atoms with E-state index in [0.29, 0.717) is 23.8 Å². The maximum absolute atomic E-state index is 13.4. The second-order valence-corrected chi connectivity index (χ2v) is 10.9. The molecule has 0 radical (unpaired) electrons.